The molecule has 0 aliphatic rings. The number of hydrogen-bond donors (Lipinski definition) is 0. The number of carbonyl (C=O) groups is 1. The van der Waals surface area contributed by atoms with E-state index in [0.717, 1.165) is 11.1 Å². The maximum atomic E-state index is 11.9. The summed E-state index contributed by atoms with van der Waals surface area (Å²) < 4.78 is 6.86. The van der Waals surface area contributed by atoms with E-state index in [1.807, 2.05) is 37.3 Å². The van der Waals surface area contributed by atoms with Crippen LogP contribution in [0.2, 0.25) is 0 Å². The van der Waals surface area contributed by atoms with E-state index in [1.54, 1.807) is 12.1 Å². The van der Waals surface area contributed by atoms with Crippen LogP contribution < -0.4 is 10.7 Å². The highest BCUT2D eigenvalue weighted by atomic mass is 16.4. The molecule has 0 saturated carbocycles. The van der Waals surface area contributed by atoms with Crippen LogP contribution in [0.4, 0.5) is 0 Å². The molecule has 0 spiro atoms. The highest BCUT2D eigenvalue weighted by molar-refractivity contribution is 5.93. The zero-order chi connectivity index (χ0) is 18.3. The molecule has 0 atom stereocenters. The highest BCUT2D eigenvalue weighted by Gasteiger charge is 2.18. The largest absolute Gasteiger partial charge is 0.545 e. The summed E-state index contributed by atoms with van der Waals surface area (Å²) in [6, 6.07) is 17.1. The maximum Gasteiger partial charge on any atom is 0.337 e. The van der Waals surface area contributed by atoms with Crippen LogP contribution in [0.15, 0.2) is 69.9 Å². The number of aromatic nitrogens is 2. The van der Waals surface area contributed by atoms with Crippen molar-refractivity contribution in [3.05, 3.63) is 82.2 Å². The van der Waals surface area contributed by atoms with Crippen molar-refractivity contribution in [1.29, 1.82) is 0 Å². The quantitative estimate of drug-likeness (QED) is 0.568. The van der Waals surface area contributed by atoms with Gasteiger partial charge in [-0.2, -0.15) is 9.78 Å². The van der Waals surface area contributed by atoms with Crippen molar-refractivity contribution in [3.63, 3.8) is 0 Å². The summed E-state index contributed by atoms with van der Waals surface area (Å²) in [5, 5.41) is 16.5. The third kappa shape index (κ3) is 2.57. The van der Waals surface area contributed by atoms with Gasteiger partial charge in [-0.25, -0.2) is 4.79 Å². The molecule has 0 radical (unpaired) electrons. The number of rotatable bonds is 3. The molecule has 4 aromatic rings. The van der Waals surface area contributed by atoms with Crippen LogP contribution in [0.5, 0.6) is 0 Å². The monoisotopic (exact) mass is 345 g/mol. The molecule has 6 heteroatoms. The number of carbonyl (C=O) groups excluding carboxylic acids is 1. The molecule has 0 saturated heterocycles. The number of hydrogen-bond acceptors (Lipinski definition) is 5. The summed E-state index contributed by atoms with van der Waals surface area (Å²) in [4.78, 5) is 23.1. The molecule has 4 rings (SSSR count). The number of benzene rings is 2. The number of aromatic carboxylic acids is 1. The lowest BCUT2D eigenvalue weighted by Gasteiger charge is -2.06. The average Bonchev–Trinajstić information content (AvgIpc) is 3.02. The van der Waals surface area contributed by atoms with E-state index in [4.69, 9.17) is 4.42 Å². The molecule has 0 aliphatic heterocycles. The van der Waals surface area contributed by atoms with E-state index >= 15 is 0 Å². The molecule has 0 bridgehead atoms. The minimum absolute atomic E-state index is 0.0161. The van der Waals surface area contributed by atoms with Crippen LogP contribution in [0.25, 0.3) is 28.0 Å². The molecular weight excluding hydrogens is 332 g/mol. The second-order valence-corrected chi connectivity index (χ2v) is 5.89. The van der Waals surface area contributed by atoms with Gasteiger partial charge >= 0.3 is 5.63 Å². The Bertz CT molecular complexity index is 1190. The lowest BCUT2D eigenvalue weighted by Crippen LogP contribution is -2.22. The van der Waals surface area contributed by atoms with Crippen LogP contribution in [-0.4, -0.2) is 15.7 Å². The van der Waals surface area contributed by atoms with Crippen LogP contribution in [0, 0.1) is 6.92 Å². The fourth-order valence-electron chi connectivity index (χ4n) is 2.96. The van der Waals surface area contributed by atoms with E-state index in [-0.39, 0.29) is 11.3 Å². The van der Waals surface area contributed by atoms with Gasteiger partial charge in [0.15, 0.2) is 0 Å². The van der Waals surface area contributed by atoms with Crippen LogP contribution in [-0.2, 0) is 0 Å². The summed E-state index contributed by atoms with van der Waals surface area (Å²) in [7, 11) is 0. The van der Waals surface area contributed by atoms with E-state index in [1.165, 1.54) is 22.9 Å². The third-order valence-electron chi connectivity index (χ3n) is 4.14. The maximum absolute atomic E-state index is 11.9. The van der Waals surface area contributed by atoms with Gasteiger partial charge < -0.3 is 14.3 Å². The van der Waals surface area contributed by atoms with Gasteiger partial charge in [0, 0.05) is 11.6 Å². The van der Waals surface area contributed by atoms with E-state index in [0.29, 0.717) is 16.8 Å². The number of fused-ring (bicyclic) bond motifs is 1. The number of aryl methyl sites for hydroxylation is 1. The summed E-state index contributed by atoms with van der Waals surface area (Å²) in [5.41, 5.74) is 2.51. The fourth-order valence-corrected chi connectivity index (χ4v) is 2.96. The minimum Gasteiger partial charge on any atom is -0.545 e. The Morgan fingerprint density at radius 3 is 2.58 bits per heavy atom. The van der Waals surface area contributed by atoms with Crippen molar-refractivity contribution in [3.8, 4) is 16.9 Å². The Morgan fingerprint density at radius 2 is 1.85 bits per heavy atom. The van der Waals surface area contributed by atoms with Gasteiger partial charge in [0.2, 0.25) is 5.71 Å². The van der Waals surface area contributed by atoms with Gasteiger partial charge in [-0.05, 0) is 30.2 Å². The van der Waals surface area contributed by atoms with Crippen molar-refractivity contribution in [2.45, 2.75) is 6.92 Å². The molecule has 2 aromatic heterocycles. The first-order valence-corrected chi connectivity index (χ1v) is 7.95. The SMILES string of the molecule is Cc1cc(=O)oc2c1c(-c1ccccc1)nn2-c1cccc(C(=O)[O-])c1. The van der Waals surface area contributed by atoms with Crippen LogP contribution >= 0.6 is 0 Å². The first-order chi connectivity index (χ1) is 12.5. The Hall–Kier alpha value is -3.67. The number of carboxylic acid groups (broad SMARTS) is 1. The van der Waals surface area contributed by atoms with Crippen LogP contribution in [0.3, 0.4) is 0 Å². The number of carboxylic acids is 1. The molecule has 0 fully saturated rings. The van der Waals surface area contributed by atoms with Gasteiger partial charge in [-0.1, -0.05) is 42.5 Å². The van der Waals surface area contributed by atoms with Gasteiger partial charge in [-0.15, -0.1) is 0 Å². The normalized spacial score (nSPS) is 11.0. The van der Waals surface area contributed by atoms with Crippen molar-refractivity contribution >= 4 is 17.1 Å². The van der Waals surface area contributed by atoms with Crippen LogP contribution in [0.1, 0.15) is 15.9 Å². The molecule has 2 heterocycles. The molecule has 2 aromatic carbocycles. The smallest absolute Gasteiger partial charge is 0.337 e. The third-order valence-corrected chi connectivity index (χ3v) is 4.14. The van der Waals surface area contributed by atoms with Crippen molar-refractivity contribution < 1.29 is 14.3 Å². The van der Waals surface area contributed by atoms with Gasteiger partial charge in [0.05, 0.1) is 17.0 Å². The minimum atomic E-state index is -1.29. The average molecular weight is 345 g/mol. The first kappa shape index (κ1) is 15.8. The standard InChI is InChI=1S/C20H14N2O4/c1-12-10-16(23)26-19-17(12)18(13-6-3-2-4-7-13)21-22(19)15-9-5-8-14(11-15)20(24)25/h2-11H,1H3,(H,24,25)/p-1. The van der Waals surface area contributed by atoms with E-state index < -0.39 is 11.6 Å². The topological polar surface area (TPSA) is 88.2 Å². The van der Waals surface area contributed by atoms with Gasteiger partial charge in [0.1, 0.15) is 5.69 Å². The van der Waals surface area contributed by atoms with Crippen molar-refractivity contribution in [1.82, 2.24) is 9.78 Å². The summed E-state index contributed by atoms with van der Waals surface area (Å²) >= 11 is 0. The summed E-state index contributed by atoms with van der Waals surface area (Å²) in [5.74, 6) is -1.29. The van der Waals surface area contributed by atoms with Gasteiger partial charge in [0.25, 0.3) is 0 Å². The Kier molecular flexibility index (Phi) is 3.65. The second kappa shape index (κ2) is 6.00. The Balaban J connectivity index is 2.06. The van der Waals surface area contributed by atoms with E-state index in [9.17, 15) is 14.7 Å². The Labute approximate surface area is 147 Å². The zero-order valence-electron chi connectivity index (χ0n) is 13.8. The molecule has 26 heavy (non-hydrogen) atoms. The lowest BCUT2D eigenvalue weighted by molar-refractivity contribution is -0.255. The molecule has 0 amide bonds. The molecule has 0 aliphatic carbocycles. The molecule has 6 nitrogen and oxygen atoms in total. The molecular formula is C20H13N2O4-. The molecule has 0 N–H and O–H groups in total. The zero-order valence-corrected chi connectivity index (χ0v) is 13.8. The second-order valence-electron chi connectivity index (χ2n) is 5.89. The first-order valence-electron chi connectivity index (χ1n) is 7.95. The lowest BCUT2D eigenvalue weighted by atomic mass is 10.1. The van der Waals surface area contributed by atoms with Crippen molar-refractivity contribution in [2.75, 3.05) is 0 Å². The summed E-state index contributed by atoms with van der Waals surface area (Å²) in [6.07, 6.45) is 0. The summed E-state index contributed by atoms with van der Waals surface area (Å²) in [6.45, 7) is 1.81. The van der Waals surface area contributed by atoms with Gasteiger partial charge in [-0.3, -0.25) is 0 Å². The molecule has 128 valence electrons. The fraction of sp³-hybridized carbons (Fsp3) is 0.0500. The predicted octanol–water partition coefficient (Wildman–Crippen LogP) is 2.32. The molecule has 0 unspecified atom stereocenters. The predicted molar refractivity (Wildman–Crippen MR) is 94.1 cm³/mol. The highest BCUT2D eigenvalue weighted by Crippen LogP contribution is 2.31. The van der Waals surface area contributed by atoms with E-state index in [2.05, 4.69) is 5.10 Å². The number of nitrogens with zero attached hydrogens (tertiary/aromatic N) is 2. The Morgan fingerprint density at radius 1 is 1.08 bits per heavy atom. The van der Waals surface area contributed by atoms with Crippen molar-refractivity contribution in [2.24, 2.45) is 0 Å².